The zero-order valence-electron chi connectivity index (χ0n) is 15.7. The summed E-state index contributed by atoms with van der Waals surface area (Å²) in [5.74, 6) is -1.01. The maximum atomic E-state index is 12.6. The summed E-state index contributed by atoms with van der Waals surface area (Å²) in [4.78, 5) is 23.7. The molecule has 0 bridgehead atoms. The number of rotatable bonds is 5. The van der Waals surface area contributed by atoms with Crippen molar-refractivity contribution in [3.05, 3.63) is 42.4 Å². The van der Waals surface area contributed by atoms with Crippen LogP contribution in [0.15, 0.2) is 36.7 Å². The standard InChI is InChI=1S/C21H22N4O3/c1-25-12-17(11-22-25)15-6-7-19-16(8-15)9-18(23-24-19)10-20(26)13-2-4-14(5-3-13)21(27)28/h6-9,11-14H,2-5,10H2,1H3,(H,27,28). The first-order valence-electron chi connectivity index (χ1n) is 9.50. The van der Waals surface area contributed by atoms with Crippen molar-refractivity contribution >= 4 is 22.7 Å². The van der Waals surface area contributed by atoms with E-state index in [1.807, 2.05) is 43.7 Å². The summed E-state index contributed by atoms with van der Waals surface area (Å²) in [6, 6.07) is 7.86. The first-order valence-corrected chi connectivity index (χ1v) is 9.50. The highest BCUT2D eigenvalue weighted by Gasteiger charge is 2.29. The van der Waals surface area contributed by atoms with E-state index < -0.39 is 5.97 Å². The van der Waals surface area contributed by atoms with Crippen molar-refractivity contribution in [3.63, 3.8) is 0 Å². The van der Waals surface area contributed by atoms with E-state index in [4.69, 9.17) is 5.11 Å². The highest BCUT2D eigenvalue weighted by Crippen LogP contribution is 2.30. The van der Waals surface area contributed by atoms with Crippen molar-refractivity contribution in [3.8, 4) is 11.1 Å². The van der Waals surface area contributed by atoms with Crippen molar-refractivity contribution in [2.45, 2.75) is 32.1 Å². The van der Waals surface area contributed by atoms with Crippen LogP contribution >= 0.6 is 0 Å². The van der Waals surface area contributed by atoms with Crippen LogP contribution in [0.25, 0.3) is 22.0 Å². The molecule has 0 radical (unpaired) electrons. The normalized spacial score (nSPS) is 19.6. The quantitative estimate of drug-likeness (QED) is 0.733. The molecule has 144 valence electrons. The lowest BCUT2D eigenvalue weighted by molar-refractivity contribution is -0.144. The number of aryl methyl sites for hydroxylation is 1. The van der Waals surface area contributed by atoms with Crippen LogP contribution in [0, 0.1) is 11.8 Å². The maximum Gasteiger partial charge on any atom is 0.306 e. The molecule has 1 fully saturated rings. The zero-order chi connectivity index (χ0) is 19.7. The molecule has 7 nitrogen and oxygen atoms in total. The lowest BCUT2D eigenvalue weighted by Crippen LogP contribution is -2.27. The van der Waals surface area contributed by atoms with Gasteiger partial charge in [0.15, 0.2) is 0 Å². The minimum absolute atomic E-state index is 0.0742. The van der Waals surface area contributed by atoms with E-state index in [1.54, 1.807) is 4.68 Å². The third kappa shape index (κ3) is 3.78. The molecule has 2 heterocycles. The average Bonchev–Trinajstić information content (AvgIpc) is 3.14. The minimum Gasteiger partial charge on any atom is -0.481 e. The number of hydrogen-bond donors (Lipinski definition) is 1. The molecule has 7 heteroatoms. The van der Waals surface area contributed by atoms with Crippen LogP contribution in [0.5, 0.6) is 0 Å². The van der Waals surface area contributed by atoms with E-state index in [-0.39, 0.29) is 24.0 Å². The van der Waals surface area contributed by atoms with Crippen molar-refractivity contribution < 1.29 is 14.7 Å². The zero-order valence-corrected chi connectivity index (χ0v) is 15.7. The number of nitrogens with zero attached hydrogens (tertiary/aromatic N) is 4. The number of benzene rings is 1. The molecule has 1 aromatic carbocycles. The average molecular weight is 378 g/mol. The number of carbonyl (C=O) groups is 2. The summed E-state index contributed by atoms with van der Waals surface area (Å²) in [5, 5.41) is 22.7. The van der Waals surface area contributed by atoms with Crippen LogP contribution in [0.4, 0.5) is 0 Å². The van der Waals surface area contributed by atoms with E-state index in [0.717, 1.165) is 22.0 Å². The van der Waals surface area contributed by atoms with Gasteiger partial charge in [0.05, 0.1) is 29.7 Å². The Labute approximate surface area is 162 Å². The number of Topliss-reactive ketones (excluding diaryl/α,β-unsaturated/α-hetero) is 1. The molecule has 0 unspecified atom stereocenters. The molecular weight excluding hydrogens is 356 g/mol. The second kappa shape index (κ2) is 7.50. The van der Waals surface area contributed by atoms with Gasteiger partial charge in [-0.05, 0) is 49.4 Å². The Morgan fingerprint density at radius 2 is 1.82 bits per heavy atom. The lowest BCUT2D eigenvalue weighted by atomic mass is 9.79. The summed E-state index contributed by atoms with van der Waals surface area (Å²) in [7, 11) is 1.88. The Kier molecular flexibility index (Phi) is 4.90. The number of fused-ring (bicyclic) bond motifs is 1. The molecule has 0 aliphatic heterocycles. The topological polar surface area (TPSA) is 98.0 Å². The molecule has 2 aromatic heterocycles. The van der Waals surface area contributed by atoms with Gasteiger partial charge in [-0.1, -0.05) is 6.07 Å². The Bertz CT molecular complexity index is 1040. The highest BCUT2D eigenvalue weighted by molar-refractivity contribution is 5.87. The summed E-state index contributed by atoms with van der Waals surface area (Å²) < 4.78 is 1.76. The molecule has 1 saturated carbocycles. The summed E-state index contributed by atoms with van der Waals surface area (Å²) in [5.41, 5.74) is 3.50. The summed E-state index contributed by atoms with van der Waals surface area (Å²) in [6.45, 7) is 0. The molecule has 28 heavy (non-hydrogen) atoms. The third-order valence-corrected chi connectivity index (χ3v) is 5.56. The van der Waals surface area contributed by atoms with E-state index in [9.17, 15) is 9.59 Å². The van der Waals surface area contributed by atoms with Gasteiger partial charge in [0.2, 0.25) is 0 Å². The fourth-order valence-electron chi connectivity index (χ4n) is 3.91. The molecule has 0 spiro atoms. The van der Waals surface area contributed by atoms with E-state index in [1.165, 1.54) is 0 Å². The molecule has 3 aromatic rings. The molecule has 0 saturated heterocycles. The second-order valence-corrected chi connectivity index (χ2v) is 7.54. The number of carbonyl (C=O) groups excluding carboxylic acids is 1. The van der Waals surface area contributed by atoms with E-state index >= 15 is 0 Å². The van der Waals surface area contributed by atoms with Crippen molar-refractivity contribution in [1.29, 1.82) is 0 Å². The SMILES string of the molecule is Cn1cc(-c2ccc3nnc(CC(=O)C4CCC(C(=O)O)CC4)cc3c2)cn1. The van der Waals surface area contributed by atoms with E-state index in [2.05, 4.69) is 15.3 Å². The van der Waals surface area contributed by atoms with Gasteiger partial charge in [-0.15, -0.1) is 0 Å². The molecule has 1 N–H and O–H groups in total. The number of ketones is 1. The van der Waals surface area contributed by atoms with Crippen LogP contribution in [0.3, 0.4) is 0 Å². The van der Waals surface area contributed by atoms with E-state index in [0.29, 0.717) is 31.4 Å². The molecule has 1 aliphatic rings. The Morgan fingerprint density at radius 1 is 1.07 bits per heavy atom. The lowest BCUT2D eigenvalue weighted by Gasteiger charge is -2.24. The second-order valence-electron chi connectivity index (χ2n) is 7.54. The van der Waals surface area contributed by atoms with Crippen molar-refractivity contribution in [2.24, 2.45) is 18.9 Å². The summed E-state index contributed by atoms with van der Waals surface area (Å²) >= 11 is 0. The largest absolute Gasteiger partial charge is 0.481 e. The fraction of sp³-hybridized carbons (Fsp3) is 0.381. The molecule has 1 aliphatic carbocycles. The van der Waals surface area contributed by atoms with Gasteiger partial charge < -0.3 is 5.11 Å². The minimum atomic E-state index is -0.754. The number of aromatic nitrogens is 4. The summed E-state index contributed by atoms with van der Waals surface area (Å²) in [6.07, 6.45) is 6.43. The van der Waals surface area contributed by atoms with Gasteiger partial charge in [0.1, 0.15) is 5.78 Å². The maximum absolute atomic E-state index is 12.6. The predicted octanol–water partition coefficient (Wildman–Crippen LogP) is 3.03. The van der Waals surface area contributed by atoms with Crippen LogP contribution < -0.4 is 0 Å². The number of carboxylic acids is 1. The smallest absolute Gasteiger partial charge is 0.306 e. The first-order chi connectivity index (χ1) is 13.5. The van der Waals surface area contributed by atoms with Gasteiger partial charge >= 0.3 is 5.97 Å². The molecular formula is C21H22N4O3. The van der Waals surface area contributed by atoms with Gasteiger partial charge in [-0.2, -0.15) is 15.3 Å². The number of carboxylic acid groups (broad SMARTS) is 1. The Balaban J connectivity index is 1.49. The van der Waals surface area contributed by atoms with Crippen LogP contribution in [0.1, 0.15) is 31.4 Å². The third-order valence-electron chi connectivity index (χ3n) is 5.56. The highest BCUT2D eigenvalue weighted by atomic mass is 16.4. The first kappa shape index (κ1) is 18.3. The predicted molar refractivity (Wildman–Crippen MR) is 104 cm³/mol. The number of aliphatic carboxylic acids is 1. The molecule has 0 amide bonds. The van der Waals surface area contributed by atoms with Crippen molar-refractivity contribution in [2.75, 3.05) is 0 Å². The van der Waals surface area contributed by atoms with Crippen LogP contribution in [-0.4, -0.2) is 36.8 Å². The van der Waals surface area contributed by atoms with Gasteiger partial charge in [-0.3, -0.25) is 14.3 Å². The fourth-order valence-corrected chi connectivity index (χ4v) is 3.91. The van der Waals surface area contributed by atoms with Gasteiger partial charge in [-0.25, -0.2) is 0 Å². The van der Waals surface area contributed by atoms with Gasteiger partial charge in [0, 0.05) is 30.1 Å². The molecule has 0 atom stereocenters. The van der Waals surface area contributed by atoms with Crippen molar-refractivity contribution in [1.82, 2.24) is 20.0 Å². The number of hydrogen-bond acceptors (Lipinski definition) is 5. The monoisotopic (exact) mass is 378 g/mol. The van der Waals surface area contributed by atoms with Crippen LogP contribution in [-0.2, 0) is 23.1 Å². The Morgan fingerprint density at radius 3 is 2.50 bits per heavy atom. The Hall–Kier alpha value is -3.09. The molecule has 4 rings (SSSR count). The van der Waals surface area contributed by atoms with Gasteiger partial charge in [0.25, 0.3) is 0 Å². The van der Waals surface area contributed by atoms with Crippen LogP contribution in [0.2, 0.25) is 0 Å².